The fourth-order valence-corrected chi connectivity index (χ4v) is 0.249. The van der Waals surface area contributed by atoms with Crippen LogP contribution in [0.2, 0.25) is 0 Å². The predicted octanol–water partition coefficient (Wildman–Crippen LogP) is -1.49. The molecule has 0 aliphatic heterocycles. The van der Waals surface area contributed by atoms with Crippen LogP contribution < -0.4 is 29.6 Å². The Morgan fingerprint density at radius 2 is 2.57 bits per heavy atom. The van der Waals surface area contributed by atoms with E-state index in [2.05, 4.69) is 11.1 Å². The molecule has 0 amide bonds. The third kappa shape index (κ3) is 10.8. The Labute approximate surface area is 68.0 Å². The molecule has 0 saturated heterocycles. The van der Waals surface area contributed by atoms with E-state index in [9.17, 15) is 4.57 Å². The van der Waals surface area contributed by atoms with Crippen molar-refractivity contribution >= 4 is 8.69 Å². The van der Waals surface area contributed by atoms with Crippen molar-refractivity contribution in [2.24, 2.45) is 0 Å². The third-order valence-electron chi connectivity index (χ3n) is 0.245. The van der Waals surface area contributed by atoms with Crippen LogP contribution in [0.1, 0.15) is 1.43 Å². The summed E-state index contributed by atoms with van der Waals surface area (Å²) in [7, 11) is -0.276. The van der Waals surface area contributed by atoms with E-state index >= 15 is 0 Å². The summed E-state index contributed by atoms with van der Waals surface area (Å²) in [6.07, 6.45) is 1.53. The van der Waals surface area contributed by atoms with Crippen LogP contribution in [0, 0.1) is 0 Å². The Morgan fingerprint density at radius 1 is 2.00 bits per heavy atom. The molecule has 2 nitrogen and oxygen atoms in total. The first-order valence-corrected chi connectivity index (χ1v) is 2.20. The van der Waals surface area contributed by atoms with Crippen molar-refractivity contribution in [3.63, 3.8) is 0 Å². The first kappa shape index (κ1) is 10.7. The molecule has 0 aromatic carbocycles. The molecule has 0 fully saturated rings. The summed E-state index contributed by atoms with van der Waals surface area (Å²) >= 11 is 0. The van der Waals surface area contributed by atoms with E-state index in [4.69, 9.17) is 0 Å². The summed E-state index contributed by atoms with van der Waals surface area (Å²) in [5.74, 6) is 0. The molecular weight excluding hydrogens is 122 g/mol. The van der Waals surface area contributed by atoms with Gasteiger partial charge < -0.3 is 1.43 Å². The quantitative estimate of drug-likeness (QED) is 0.200. The zero-order valence-electron chi connectivity index (χ0n) is 5.26. The molecule has 4 heteroatoms. The molecular formula is C3H6NaO2P. The van der Waals surface area contributed by atoms with Crippen molar-refractivity contribution < 1.29 is 40.1 Å². The van der Waals surface area contributed by atoms with Gasteiger partial charge in [-0.1, -0.05) is 6.08 Å². The standard InChI is InChI=1S/C3H5O2P.Na.H/c1-2-3-5-6-4;;/h2H,1,3H2;;/q;+1;-1. The second-order valence-electron chi connectivity index (χ2n) is 0.659. The van der Waals surface area contributed by atoms with Gasteiger partial charge in [0.15, 0.2) is 0 Å². The van der Waals surface area contributed by atoms with Gasteiger partial charge in [-0.3, -0.25) is 4.52 Å². The van der Waals surface area contributed by atoms with E-state index in [1.54, 1.807) is 0 Å². The maximum atomic E-state index is 9.39. The van der Waals surface area contributed by atoms with E-state index in [0.29, 0.717) is 6.61 Å². The van der Waals surface area contributed by atoms with Gasteiger partial charge in [0.2, 0.25) is 0 Å². The van der Waals surface area contributed by atoms with Crippen LogP contribution in [0.5, 0.6) is 0 Å². The Morgan fingerprint density at radius 3 is 2.71 bits per heavy atom. The van der Waals surface area contributed by atoms with Gasteiger partial charge >= 0.3 is 38.2 Å². The minimum absolute atomic E-state index is 0. The first-order chi connectivity index (χ1) is 2.91. The smallest absolute Gasteiger partial charge is 1.00 e. The van der Waals surface area contributed by atoms with Crippen molar-refractivity contribution in [1.29, 1.82) is 0 Å². The van der Waals surface area contributed by atoms with Gasteiger partial charge in [-0.2, -0.15) is 0 Å². The fourth-order valence-electron chi connectivity index (χ4n) is 0.0831. The van der Waals surface area contributed by atoms with E-state index < -0.39 is 0 Å². The van der Waals surface area contributed by atoms with Crippen molar-refractivity contribution in [3.05, 3.63) is 12.7 Å². The van der Waals surface area contributed by atoms with Crippen LogP contribution in [0.15, 0.2) is 12.7 Å². The van der Waals surface area contributed by atoms with Gasteiger partial charge in [-0.05, 0) is 0 Å². The van der Waals surface area contributed by atoms with E-state index in [1.165, 1.54) is 6.08 Å². The molecule has 0 aliphatic carbocycles. The van der Waals surface area contributed by atoms with Gasteiger partial charge in [-0.15, -0.1) is 6.58 Å². The van der Waals surface area contributed by atoms with E-state index in [-0.39, 0.29) is 39.7 Å². The van der Waals surface area contributed by atoms with Crippen molar-refractivity contribution in [1.82, 2.24) is 0 Å². The monoisotopic (exact) mass is 128 g/mol. The summed E-state index contributed by atoms with van der Waals surface area (Å²) in [4.78, 5) is 0. The van der Waals surface area contributed by atoms with Gasteiger partial charge in [0, 0.05) is 0 Å². The van der Waals surface area contributed by atoms with Gasteiger partial charge in [-0.25, -0.2) is 4.57 Å². The molecule has 0 N–H and O–H groups in total. The minimum atomic E-state index is -0.276. The third-order valence-corrected chi connectivity index (χ3v) is 0.500. The Hall–Kier alpha value is 0.800. The molecule has 0 aromatic heterocycles. The van der Waals surface area contributed by atoms with E-state index in [1.807, 2.05) is 0 Å². The normalized spacial score (nSPS) is 7.43. The van der Waals surface area contributed by atoms with Crippen LogP contribution >= 0.6 is 8.69 Å². The van der Waals surface area contributed by atoms with Crippen molar-refractivity contribution in [2.45, 2.75) is 0 Å². The van der Waals surface area contributed by atoms with Gasteiger partial charge in [0.1, 0.15) is 0 Å². The summed E-state index contributed by atoms with van der Waals surface area (Å²) in [5.41, 5.74) is 0. The molecule has 0 aromatic rings. The average Bonchev–Trinajstić information content (AvgIpc) is 1.61. The Bertz CT molecular complexity index is 53.2. The summed E-state index contributed by atoms with van der Waals surface area (Å²) in [6.45, 7) is 3.68. The maximum absolute atomic E-state index is 9.39. The minimum Gasteiger partial charge on any atom is -1.00 e. The molecule has 7 heavy (non-hydrogen) atoms. The predicted molar refractivity (Wildman–Crippen MR) is 24.9 cm³/mol. The van der Waals surface area contributed by atoms with Crippen LogP contribution in [-0.4, -0.2) is 6.61 Å². The van der Waals surface area contributed by atoms with Crippen molar-refractivity contribution in [2.75, 3.05) is 6.61 Å². The molecule has 0 radical (unpaired) electrons. The maximum Gasteiger partial charge on any atom is 1.00 e. The van der Waals surface area contributed by atoms with Gasteiger partial charge in [0.05, 0.1) is 6.61 Å². The summed E-state index contributed by atoms with van der Waals surface area (Å²) in [5, 5.41) is 0. The molecule has 0 atom stereocenters. The number of hydrogen-bond acceptors (Lipinski definition) is 2. The average molecular weight is 128 g/mol. The van der Waals surface area contributed by atoms with Crippen LogP contribution in [0.25, 0.3) is 0 Å². The largest absolute Gasteiger partial charge is 1.00 e. The van der Waals surface area contributed by atoms with E-state index in [0.717, 1.165) is 0 Å². The summed E-state index contributed by atoms with van der Waals surface area (Å²) in [6, 6.07) is 0. The molecule has 0 unspecified atom stereocenters. The van der Waals surface area contributed by atoms with Crippen molar-refractivity contribution in [3.8, 4) is 0 Å². The topological polar surface area (TPSA) is 26.3 Å². The zero-order valence-corrected chi connectivity index (χ0v) is 7.15. The first-order valence-electron chi connectivity index (χ1n) is 1.47. The number of hydrogen-bond donors (Lipinski definition) is 0. The SMILES string of the molecule is C=CCOP=O.[H-].[Na+]. The molecule has 0 aliphatic rings. The zero-order chi connectivity index (χ0) is 4.83. The fraction of sp³-hybridized carbons (Fsp3) is 0.333. The molecule has 0 heterocycles. The second kappa shape index (κ2) is 9.93. The molecule has 0 spiro atoms. The molecule has 0 bridgehead atoms. The Balaban J connectivity index is -0.000000125. The molecule has 0 rings (SSSR count). The second-order valence-corrected chi connectivity index (χ2v) is 1.07. The van der Waals surface area contributed by atoms with Crippen LogP contribution in [-0.2, 0) is 9.09 Å². The Kier molecular flexibility index (Phi) is 15.2. The number of rotatable bonds is 3. The summed E-state index contributed by atoms with van der Waals surface area (Å²) < 4.78 is 13.7. The van der Waals surface area contributed by atoms with Crippen LogP contribution in [0.3, 0.4) is 0 Å². The van der Waals surface area contributed by atoms with Gasteiger partial charge in [0.25, 0.3) is 0 Å². The van der Waals surface area contributed by atoms with Crippen LogP contribution in [0.4, 0.5) is 0 Å². The molecule has 0 saturated carbocycles. The molecule has 36 valence electrons.